The van der Waals surface area contributed by atoms with Crippen molar-refractivity contribution in [2.24, 2.45) is 0 Å². The van der Waals surface area contributed by atoms with Crippen LogP contribution in [0.1, 0.15) is 28.8 Å². The molecule has 0 unspecified atom stereocenters. The summed E-state index contributed by atoms with van der Waals surface area (Å²) in [5, 5.41) is 5.69. The van der Waals surface area contributed by atoms with E-state index in [1.54, 1.807) is 12.1 Å². The van der Waals surface area contributed by atoms with E-state index in [0.717, 1.165) is 5.56 Å². The Labute approximate surface area is 173 Å². The summed E-state index contributed by atoms with van der Waals surface area (Å²) in [5.74, 6) is 0.683. The molecule has 0 spiro atoms. The van der Waals surface area contributed by atoms with Gasteiger partial charge in [-0.25, -0.2) is 9.97 Å². The van der Waals surface area contributed by atoms with E-state index in [4.69, 9.17) is 10.5 Å². The number of nitrogens with zero attached hydrogens (tertiary/aromatic N) is 2. The number of benzene rings is 2. The monoisotopic (exact) mass is 403 g/mol. The van der Waals surface area contributed by atoms with Gasteiger partial charge in [0.15, 0.2) is 0 Å². The van der Waals surface area contributed by atoms with Gasteiger partial charge in [0.25, 0.3) is 5.91 Å². The third-order valence-electron chi connectivity index (χ3n) is 4.88. The van der Waals surface area contributed by atoms with Crippen LogP contribution in [0.3, 0.4) is 0 Å². The summed E-state index contributed by atoms with van der Waals surface area (Å²) in [6, 6.07) is 14.6. The van der Waals surface area contributed by atoms with Gasteiger partial charge in [-0.05, 0) is 42.7 Å². The van der Waals surface area contributed by atoms with Crippen LogP contribution in [0.15, 0.2) is 67.3 Å². The van der Waals surface area contributed by atoms with Crippen LogP contribution in [0.4, 0.5) is 5.69 Å². The highest BCUT2D eigenvalue weighted by molar-refractivity contribution is 6.00. The highest BCUT2D eigenvalue weighted by atomic mass is 16.5. The van der Waals surface area contributed by atoms with E-state index >= 15 is 0 Å². The predicted molar refractivity (Wildman–Crippen MR) is 111 cm³/mol. The quantitative estimate of drug-likeness (QED) is 0.521. The fourth-order valence-corrected chi connectivity index (χ4v) is 2.97. The molecule has 0 atom stereocenters. The molecule has 1 aromatic heterocycles. The van der Waals surface area contributed by atoms with Gasteiger partial charge < -0.3 is 21.1 Å². The molecule has 4 rings (SSSR count). The summed E-state index contributed by atoms with van der Waals surface area (Å²) in [6.45, 7) is 0.346. The normalized spacial score (nSPS) is 13.9. The second-order valence-electron chi connectivity index (χ2n) is 7.13. The SMILES string of the molecule is Nc1ccccc1Oc1ccc(CNC(=O)C2(NC(=O)c3cncnc3)CC2)cc1. The summed E-state index contributed by atoms with van der Waals surface area (Å²) in [7, 11) is 0. The Morgan fingerprint density at radius 2 is 1.73 bits per heavy atom. The fourth-order valence-electron chi connectivity index (χ4n) is 2.97. The molecule has 152 valence electrons. The lowest BCUT2D eigenvalue weighted by Crippen LogP contribution is -2.48. The van der Waals surface area contributed by atoms with Crippen LogP contribution in [-0.4, -0.2) is 27.3 Å². The zero-order chi connectivity index (χ0) is 21.0. The molecule has 0 radical (unpaired) electrons. The third kappa shape index (κ3) is 4.38. The molecule has 1 aliphatic rings. The summed E-state index contributed by atoms with van der Waals surface area (Å²) in [6.07, 6.45) is 5.39. The van der Waals surface area contributed by atoms with Crippen LogP contribution in [0, 0.1) is 0 Å². The van der Waals surface area contributed by atoms with E-state index in [2.05, 4.69) is 20.6 Å². The minimum Gasteiger partial charge on any atom is -0.455 e. The van der Waals surface area contributed by atoms with Gasteiger partial charge in [-0.3, -0.25) is 9.59 Å². The molecule has 0 saturated heterocycles. The molecule has 8 nitrogen and oxygen atoms in total. The number of rotatable bonds is 7. The predicted octanol–water partition coefficient (Wildman–Crippen LogP) is 2.43. The molecule has 1 aliphatic carbocycles. The van der Waals surface area contributed by atoms with Gasteiger partial charge in [-0.15, -0.1) is 0 Å². The van der Waals surface area contributed by atoms with E-state index in [1.807, 2.05) is 36.4 Å². The minimum atomic E-state index is -0.860. The van der Waals surface area contributed by atoms with Crippen LogP contribution in [0.25, 0.3) is 0 Å². The van der Waals surface area contributed by atoms with Crippen molar-refractivity contribution < 1.29 is 14.3 Å². The summed E-state index contributed by atoms with van der Waals surface area (Å²) >= 11 is 0. The molecule has 3 aromatic rings. The Kier molecular flexibility index (Phi) is 5.30. The number of amides is 2. The summed E-state index contributed by atoms with van der Waals surface area (Å²) in [4.78, 5) is 32.6. The van der Waals surface area contributed by atoms with Gasteiger partial charge in [-0.1, -0.05) is 24.3 Å². The minimum absolute atomic E-state index is 0.204. The number of nitrogens with two attached hydrogens (primary N) is 1. The lowest BCUT2D eigenvalue weighted by atomic mass is 10.2. The van der Waals surface area contributed by atoms with E-state index in [9.17, 15) is 9.59 Å². The molecule has 1 heterocycles. The average molecular weight is 403 g/mol. The number of nitrogens with one attached hydrogen (secondary N) is 2. The van der Waals surface area contributed by atoms with Crippen molar-refractivity contribution in [1.29, 1.82) is 0 Å². The molecule has 8 heteroatoms. The maximum Gasteiger partial charge on any atom is 0.255 e. The van der Waals surface area contributed by atoms with E-state index in [1.165, 1.54) is 18.7 Å². The van der Waals surface area contributed by atoms with E-state index in [0.29, 0.717) is 42.1 Å². The number of carbonyl (C=O) groups excluding carboxylic acids is 2. The maximum atomic E-state index is 12.6. The van der Waals surface area contributed by atoms with Crippen molar-refractivity contribution in [3.05, 3.63) is 78.4 Å². The number of para-hydroxylation sites is 2. The molecular formula is C22H21N5O3. The van der Waals surface area contributed by atoms with Crippen molar-refractivity contribution in [2.75, 3.05) is 5.73 Å². The molecule has 4 N–H and O–H groups in total. The summed E-state index contributed by atoms with van der Waals surface area (Å²) < 4.78 is 5.77. The topological polar surface area (TPSA) is 119 Å². The molecule has 1 saturated carbocycles. The van der Waals surface area contributed by atoms with Gasteiger partial charge >= 0.3 is 0 Å². The molecule has 2 aromatic carbocycles. The van der Waals surface area contributed by atoms with E-state index < -0.39 is 5.54 Å². The fraction of sp³-hybridized carbons (Fsp3) is 0.182. The Bertz CT molecular complexity index is 1050. The second-order valence-corrected chi connectivity index (χ2v) is 7.13. The molecule has 0 bridgehead atoms. The van der Waals surface area contributed by atoms with Gasteiger partial charge in [0.05, 0.1) is 11.3 Å². The Morgan fingerprint density at radius 3 is 2.40 bits per heavy atom. The largest absolute Gasteiger partial charge is 0.455 e. The average Bonchev–Trinajstić information content (AvgIpc) is 3.56. The number of hydrogen-bond acceptors (Lipinski definition) is 6. The van der Waals surface area contributed by atoms with Crippen LogP contribution in [0.5, 0.6) is 11.5 Å². The van der Waals surface area contributed by atoms with Crippen molar-refractivity contribution in [3.63, 3.8) is 0 Å². The van der Waals surface area contributed by atoms with Crippen LogP contribution >= 0.6 is 0 Å². The lowest BCUT2D eigenvalue weighted by Gasteiger charge is -2.17. The Hall–Kier alpha value is -3.94. The first-order valence-electron chi connectivity index (χ1n) is 9.53. The van der Waals surface area contributed by atoms with E-state index in [-0.39, 0.29) is 11.8 Å². The van der Waals surface area contributed by atoms with Crippen molar-refractivity contribution in [2.45, 2.75) is 24.9 Å². The van der Waals surface area contributed by atoms with Crippen LogP contribution < -0.4 is 21.1 Å². The zero-order valence-electron chi connectivity index (χ0n) is 16.2. The zero-order valence-corrected chi connectivity index (χ0v) is 16.2. The standard InChI is InChI=1S/C22H21N5O3/c23-18-3-1-2-4-19(18)30-17-7-5-15(6-8-17)11-26-21(29)22(9-10-22)27-20(28)16-12-24-14-25-13-16/h1-8,12-14H,9-11,23H2,(H,26,29)(H,27,28). The van der Waals surface area contributed by atoms with Gasteiger partial charge in [0.1, 0.15) is 23.4 Å². The van der Waals surface area contributed by atoms with Gasteiger partial charge in [0, 0.05) is 18.9 Å². The molecule has 30 heavy (non-hydrogen) atoms. The number of ether oxygens (including phenoxy) is 1. The number of anilines is 1. The molecule has 1 fully saturated rings. The Balaban J connectivity index is 1.31. The second kappa shape index (κ2) is 8.20. The number of hydrogen-bond donors (Lipinski definition) is 3. The highest BCUT2D eigenvalue weighted by Gasteiger charge is 2.51. The first kappa shape index (κ1) is 19.4. The first-order valence-corrected chi connectivity index (χ1v) is 9.53. The van der Waals surface area contributed by atoms with Crippen molar-refractivity contribution in [3.8, 4) is 11.5 Å². The molecule has 2 amide bonds. The number of carbonyl (C=O) groups is 2. The highest BCUT2D eigenvalue weighted by Crippen LogP contribution is 2.36. The maximum absolute atomic E-state index is 12.6. The van der Waals surface area contributed by atoms with Gasteiger partial charge in [-0.2, -0.15) is 0 Å². The van der Waals surface area contributed by atoms with Crippen LogP contribution in [-0.2, 0) is 11.3 Å². The van der Waals surface area contributed by atoms with Gasteiger partial charge in [0.2, 0.25) is 5.91 Å². The summed E-state index contributed by atoms with van der Waals surface area (Å²) in [5.41, 5.74) is 6.83. The van der Waals surface area contributed by atoms with Crippen molar-refractivity contribution in [1.82, 2.24) is 20.6 Å². The Morgan fingerprint density at radius 1 is 1.03 bits per heavy atom. The third-order valence-corrected chi connectivity index (χ3v) is 4.88. The number of nitrogen functional groups attached to an aromatic ring is 1. The molecule has 0 aliphatic heterocycles. The van der Waals surface area contributed by atoms with Crippen LogP contribution in [0.2, 0.25) is 0 Å². The first-order chi connectivity index (χ1) is 14.6. The smallest absolute Gasteiger partial charge is 0.255 e. The number of aromatic nitrogens is 2. The van der Waals surface area contributed by atoms with Crippen molar-refractivity contribution >= 4 is 17.5 Å². The lowest BCUT2D eigenvalue weighted by molar-refractivity contribution is -0.124. The molecular weight excluding hydrogens is 382 g/mol.